The Hall–Kier alpha value is -2.50. The van der Waals surface area contributed by atoms with Crippen LogP contribution in [0.5, 0.6) is 5.75 Å². The maximum absolute atomic E-state index is 12.3. The van der Waals surface area contributed by atoms with E-state index in [9.17, 15) is 4.79 Å². The molecule has 2 heterocycles. The van der Waals surface area contributed by atoms with Gasteiger partial charge in [0.25, 0.3) is 5.91 Å². The van der Waals surface area contributed by atoms with Gasteiger partial charge in [-0.1, -0.05) is 6.07 Å². The zero-order chi connectivity index (χ0) is 13.2. The number of carbonyl (C=O) groups is 1. The average molecular weight is 258 g/mol. The topological polar surface area (TPSA) is 68.2 Å². The summed E-state index contributed by atoms with van der Waals surface area (Å²) in [5, 5.41) is 10.0. The highest BCUT2D eigenvalue weighted by atomic mass is 16.5. The normalized spacial score (nSPS) is 13.1. The van der Waals surface area contributed by atoms with Gasteiger partial charge in [0.15, 0.2) is 5.75 Å². The van der Waals surface area contributed by atoms with Gasteiger partial charge in [0.1, 0.15) is 12.4 Å². The number of amides is 1. The summed E-state index contributed by atoms with van der Waals surface area (Å²) in [6.45, 7) is 1.31. The summed E-state index contributed by atoms with van der Waals surface area (Å²) in [6.07, 6.45) is 1.63. The first-order valence-electron chi connectivity index (χ1n) is 6.05. The van der Waals surface area contributed by atoms with Gasteiger partial charge in [-0.15, -0.1) is 0 Å². The SMILES string of the molecule is Cn1nccc1NC(=O)c1cccc2c1OCCN2. The van der Waals surface area contributed by atoms with E-state index >= 15 is 0 Å². The molecule has 2 N–H and O–H groups in total. The predicted molar refractivity (Wildman–Crippen MR) is 71.6 cm³/mol. The highest BCUT2D eigenvalue weighted by molar-refractivity contribution is 6.07. The molecule has 6 heteroatoms. The Morgan fingerprint density at radius 3 is 3.16 bits per heavy atom. The van der Waals surface area contributed by atoms with Crippen LogP contribution >= 0.6 is 0 Å². The summed E-state index contributed by atoms with van der Waals surface area (Å²) < 4.78 is 7.18. The molecule has 0 radical (unpaired) electrons. The minimum atomic E-state index is -0.204. The molecule has 1 amide bonds. The Labute approximate surface area is 110 Å². The first-order valence-corrected chi connectivity index (χ1v) is 6.05. The summed E-state index contributed by atoms with van der Waals surface area (Å²) in [5.41, 5.74) is 1.37. The van der Waals surface area contributed by atoms with Crippen LogP contribution in [-0.2, 0) is 7.05 Å². The monoisotopic (exact) mass is 258 g/mol. The van der Waals surface area contributed by atoms with E-state index in [-0.39, 0.29) is 5.91 Å². The van der Waals surface area contributed by atoms with Crippen molar-refractivity contribution in [1.29, 1.82) is 0 Å². The van der Waals surface area contributed by atoms with Crippen LogP contribution in [0.3, 0.4) is 0 Å². The molecular weight excluding hydrogens is 244 g/mol. The quantitative estimate of drug-likeness (QED) is 0.856. The smallest absolute Gasteiger partial charge is 0.260 e. The number of nitrogens with zero attached hydrogens (tertiary/aromatic N) is 2. The summed E-state index contributed by atoms with van der Waals surface area (Å²) in [5.74, 6) is 1.05. The maximum Gasteiger partial charge on any atom is 0.260 e. The van der Waals surface area contributed by atoms with Gasteiger partial charge in [-0.2, -0.15) is 5.10 Å². The third-order valence-electron chi connectivity index (χ3n) is 2.99. The van der Waals surface area contributed by atoms with Crippen LogP contribution < -0.4 is 15.4 Å². The third-order valence-corrected chi connectivity index (χ3v) is 2.99. The molecule has 1 aromatic heterocycles. The summed E-state index contributed by atoms with van der Waals surface area (Å²) in [7, 11) is 1.77. The molecule has 0 saturated heterocycles. The zero-order valence-corrected chi connectivity index (χ0v) is 10.5. The van der Waals surface area contributed by atoms with Crippen LogP contribution in [0.2, 0.25) is 0 Å². The van der Waals surface area contributed by atoms with Crippen molar-refractivity contribution in [2.45, 2.75) is 0 Å². The average Bonchev–Trinajstić information content (AvgIpc) is 2.83. The van der Waals surface area contributed by atoms with E-state index in [0.29, 0.717) is 23.7 Å². The molecule has 6 nitrogen and oxygen atoms in total. The molecule has 3 rings (SSSR count). The van der Waals surface area contributed by atoms with Crippen molar-refractivity contribution in [2.75, 3.05) is 23.8 Å². The van der Waals surface area contributed by atoms with E-state index in [1.807, 2.05) is 12.1 Å². The van der Waals surface area contributed by atoms with Crippen molar-refractivity contribution in [3.63, 3.8) is 0 Å². The number of carbonyl (C=O) groups excluding carboxylic acids is 1. The molecule has 98 valence electrons. The van der Waals surface area contributed by atoms with Crippen LogP contribution in [0.25, 0.3) is 0 Å². The fraction of sp³-hybridized carbons (Fsp3) is 0.231. The lowest BCUT2D eigenvalue weighted by Crippen LogP contribution is -2.22. The lowest BCUT2D eigenvalue weighted by molar-refractivity contribution is 0.102. The zero-order valence-electron chi connectivity index (χ0n) is 10.5. The number of anilines is 2. The highest BCUT2D eigenvalue weighted by Gasteiger charge is 2.19. The minimum Gasteiger partial charge on any atom is -0.489 e. The molecule has 0 bridgehead atoms. The van der Waals surface area contributed by atoms with Crippen LogP contribution in [0.4, 0.5) is 11.5 Å². The van der Waals surface area contributed by atoms with Crippen LogP contribution in [0.1, 0.15) is 10.4 Å². The number of rotatable bonds is 2. The Balaban J connectivity index is 1.90. The van der Waals surface area contributed by atoms with Crippen LogP contribution in [0, 0.1) is 0 Å². The first-order chi connectivity index (χ1) is 9.25. The van der Waals surface area contributed by atoms with Crippen molar-refractivity contribution in [1.82, 2.24) is 9.78 Å². The summed E-state index contributed by atoms with van der Waals surface area (Å²) in [4.78, 5) is 12.3. The van der Waals surface area contributed by atoms with Gasteiger partial charge in [0.2, 0.25) is 0 Å². The number of hydrogen-bond acceptors (Lipinski definition) is 4. The van der Waals surface area contributed by atoms with Crippen molar-refractivity contribution < 1.29 is 9.53 Å². The van der Waals surface area contributed by atoms with Crippen molar-refractivity contribution in [3.05, 3.63) is 36.0 Å². The lowest BCUT2D eigenvalue weighted by Gasteiger charge is -2.21. The maximum atomic E-state index is 12.3. The molecule has 0 saturated carbocycles. The van der Waals surface area contributed by atoms with E-state index in [1.54, 1.807) is 30.1 Å². The fourth-order valence-corrected chi connectivity index (χ4v) is 2.03. The second-order valence-electron chi connectivity index (χ2n) is 4.25. The molecule has 0 atom stereocenters. The summed E-state index contributed by atoms with van der Waals surface area (Å²) >= 11 is 0. The Morgan fingerprint density at radius 2 is 2.37 bits per heavy atom. The van der Waals surface area contributed by atoms with Crippen molar-refractivity contribution in [2.24, 2.45) is 7.05 Å². The first kappa shape index (κ1) is 11.6. The number of fused-ring (bicyclic) bond motifs is 1. The third kappa shape index (κ3) is 2.12. The number of hydrogen-bond donors (Lipinski definition) is 2. The Morgan fingerprint density at radius 1 is 1.47 bits per heavy atom. The molecule has 1 aromatic carbocycles. The number of benzene rings is 1. The number of para-hydroxylation sites is 1. The predicted octanol–water partition coefficient (Wildman–Crippen LogP) is 1.48. The molecule has 0 spiro atoms. The minimum absolute atomic E-state index is 0.204. The van der Waals surface area contributed by atoms with Crippen molar-refractivity contribution >= 4 is 17.4 Å². The second kappa shape index (κ2) is 4.64. The molecular formula is C13H14N4O2. The molecule has 0 unspecified atom stereocenters. The number of nitrogens with one attached hydrogen (secondary N) is 2. The highest BCUT2D eigenvalue weighted by Crippen LogP contribution is 2.31. The second-order valence-corrected chi connectivity index (χ2v) is 4.25. The Kier molecular flexibility index (Phi) is 2.83. The van der Waals surface area contributed by atoms with Gasteiger partial charge in [-0.05, 0) is 12.1 Å². The van der Waals surface area contributed by atoms with E-state index in [0.717, 1.165) is 12.2 Å². The van der Waals surface area contributed by atoms with E-state index in [1.165, 1.54) is 0 Å². The number of aromatic nitrogens is 2. The molecule has 1 aliphatic heterocycles. The number of ether oxygens (including phenoxy) is 1. The lowest BCUT2D eigenvalue weighted by atomic mass is 10.1. The molecule has 2 aromatic rings. The fourth-order valence-electron chi connectivity index (χ4n) is 2.03. The summed E-state index contributed by atoms with van der Waals surface area (Å²) in [6, 6.07) is 7.22. The molecule has 1 aliphatic rings. The van der Waals surface area contributed by atoms with Gasteiger partial charge in [-0.25, -0.2) is 0 Å². The Bertz CT molecular complexity index is 621. The largest absolute Gasteiger partial charge is 0.489 e. The van der Waals surface area contributed by atoms with Gasteiger partial charge >= 0.3 is 0 Å². The standard InChI is InChI=1S/C13H14N4O2/c1-17-11(5-6-15-17)16-13(18)9-3-2-4-10-12(9)19-8-7-14-10/h2-6,14H,7-8H2,1H3,(H,16,18). The van der Waals surface area contributed by atoms with Gasteiger partial charge in [0, 0.05) is 19.7 Å². The molecule has 0 aliphatic carbocycles. The van der Waals surface area contributed by atoms with Gasteiger partial charge < -0.3 is 15.4 Å². The van der Waals surface area contributed by atoms with E-state index in [4.69, 9.17) is 4.74 Å². The van der Waals surface area contributed by atoms with Crippen LogP contribution in [0.15, 0.2) is 30.5 Å². The van der Waals surface area contributed by atoms with E-state index in [2.05, 4.69) is 15.7 Å². The van der Waals surface area contributed by atoms with Crippen LogP contribution in [-0.4, -0.2) is 28.8 Å². The van der Waals surface area contributed by atoms with Crippen molar-refractivity contribution in [3.8, 4) is 5.75 Å². The van der Waals surface area contributed by atoms with Gasteiger partial charge in [-0.3, -0.25) is 9.48 Å². The van der Waals surface area contributed by atoms with E-state index < -0.39 is 0 Å². The molecule has 19 heavy (non-hydrogen) atoms. The molecule has 0 fully saturated rings. The number of aryl methyl sites for hydroxylation is 1. The van der Waals surface area contributed by atoms with Gasteiger partial charge in [0.05, 0.1) is 17.4 Å².